The molecule has 0 aromatic heterocycles. The maximum Gasteiger partial charge on any atom is 0.306 e. The lowest BCUT2D eigenvalue weighted by Gasteiger charge is -2.32. The molecule has 0 radical (unpaired) electrons. The van der Waals surface area contributed by atoms with Gasteiger partial charge in [-0.3, -0.25) is 4.79 Å². The largest absolute Gasteiger partial charge is 0.481 e. The Morgan fingerprint density at radius 2 is 2.25 bits per heavy atom. The Labute approximate surface area is 120 Å². The van der Waals surface area contributed by atoms with E-state index in [4.69, 9.17) is 5.11 Å². The van der Waals surface area contributed by atoms with E-state index in [9.17, 15) is 4.79 Å². The predicted octanol–water partition coefficient (Wildman–Crippen LogP) is 3.11. The van der Waals surface area contributed by atoms with Crippen LogP contribution < -0.4 is 4.90 Å². The van der Waals surface area contributed by atoms with Crippen LogP contribution in [0.4, 0.5) is 5.69 Å². The minimum atomic E-state index is -0.703. The highest BCUT2D eigenvalue weighted by Crippen LogP contribution is 2.36. The normalized spacial score (nSPS) is 19.6. The standard InChI is InChI=1S/C17H23NO2/c1-12(17(19)20)10-15-7-3-6-14-8-9-18(16(14)15)11-13-4-2-5-13/h3,6-7,12-13H,2,4-5,8-11H2,1H3,(H,19,20). The molecule has 1 atom stereocenters. The van der Waals surface area contributed by atoms with E-state index in [1.807, 2.05) is 0 Å². The Kier molecular flexibility index (Phi) is 3.68. The van der Waals surface area contributed by atoms with Crippen LogP contribution in [0, 0.1) is 11.8 Å². The quantitative estimate of drug-likeness (QED) is 0.896. The molecule has 0 bridgehead atoms. The third-order valence-electron chi connectivity index (χ3n) is 4.82. The Bertz CT molecular complexity index is 508. The molecule has 3 nitrogen and oxygen atoms in total. The van der Waals surface area contributed by atoms with E-state index in [1.54, 1.807) is 6.92 Å². The van der Waals surface area contributed by atoms with Gasteiger partial charge >= 0.3 is 5.97 Å². The van der Waals surface area contributed by atoms with Gasteiger partial charge in [-0.05, 0) is 42.7 Å². The molecule has 1 unspecified atom stereocenters. The van der Waals surface area contributed by atoms with Crippen molar-refractivity contribution in [2.75, 3.05) is 18.0 Å². The van der Waals surface area contributed by atoms with Gasteiger partial charge in [0.05, 0.1) is 5.92 Å². The minimum absolute atomic E-state index is 0.312. The number of rotatable bonds is 5. The summed E-state index contributed by atoms with van der Waals surface area (Å²) in [6.45, 7) is 4.06. The third-order valence-corrected chi connectivity index (χ3v) is 4.82. The highest BCUT2D eigenvalue weighted by molar-refractivity contribution is 5.71. The second-order valence-corrected chi connectivity index (χ2v) is 6.36. The first-order valence-electron chi connectivity index (χ1n) is 7.73. The first-order valence-corrected chi connectivity index (χ1v) is 7.73. The van der Waals surface area contributed by atoms with Crippen LogP contribution in [0.25, 0.3) is 0 Å². The van der Waals surface area contributed by atoms with Gasteiger partial charge in [-0.1, -0.05) is 31.5 Å². The lowest BCUT2D eigenvalue weighted by atomic mass is 9.85. The molecule has 20 heavy (non-hydrogen) atoms. The number of anilines is 1. The number of benzene rings is 1. The molecule has 3 rings (SSSR count). The van der Waals surface area contributed by atoms with Crippen molar-refractivity contribution >= 4 is 11.7 Å². The van der Waals surface area contributed by atoms with Gasteiger partial charge in [0.1, 0.15) is 0 Å². The number of fused-ring (bicyclic) bond motifs is 1. The summed E-state index contributed by atoms with van der Waals surface area (Å²) in [6, 6.07) is 6.39. The van der Waals surface area contributed by atoms with Crippen LogP contribution in [0.1, 0.15) is 37.3 Å². The minimum Gasteiger partial charge on any atom is -0.481 e. The summed E-state index contributed by atoms with van der Waals surface area (Å²) < 4.78 is 0. The molecule has 1 N–H and O–H groups in total. The van der Waals surface area contributed by atoms with Gasteiger partial charge in [-0.25, -0.2) is 0 Å². The summed E-state index contributed by atoms with van der Waals surface area (Å²) in [5.41, 5.74) is 3.96. The number of para-hydroxylation sites is 1. The molecule has 0 saturated heterocycles. The average molecular weight is 273 g/mol. The van der Waals surface area contributed by atoms with E-state index in [0.29, 0.717) is 6.42 Å². The maximum atomic E-state index is 11.1. The fourth-order valence-corrected chi connectivity index (χ4v) is 3.37. The number of hydrogen-bond donors (Lipinski definition) is 1. The second kappa shape index (κ2) is 5.47. The molecule has 1 aliphatic carbocycles. The Morgan fingerprint density at radius 1 is 1.45 bits per heavy atom. The van der Waals surface area contributed by atoms with Gasteiger partial charge in [-0.15, -0.1) is 0 Å². The van der Waals surface area contributed by atoms with Crippen molar-refractivity contribution in [3.8, 4) is 0 Å². The molecule has 3 heteroatoms. The Balaban J connectivity index is 1.81. The lowest BCUT2D eigenvalue weighted by molar-refractivity contribution is -0.141. The van der Waals surface area contributed by atoms with Crippen molar-refractivity contribution in [3.63, 3.8) is 0 Å². The predicted molar refractivity (Wildman–Crippen MR) is 80.2 cm³/mol. The van der Waals surface area contributed by atoms with Crippen molar-refractivity contribution in [1.82, 2.24) is 0 Å². The van der Waals surface area contributed by atoms with Gasteiger partial charge in [-0.2, -0.15) is 0 Å². The molecular formula is C17H23NO2. The van der Waals surface area contributed by atoms with Crippen molar-refractivity contribution in [1.29, 1.82) is 0 Å². The molecule has 0 amide bonds. The van der Waals surface area contributed by atoms with E-state index in [0.717, 1.165) is 25.4 Å². The van der Waals surface area contributed by atoms with Crippen LogP contribution in [-0.4, -0.2) is 24.2 Å². The van der Waals surface area contributed by atoms with E-state index >= 15 is 0 Å². The molecule has 2 aliphatic rings. The molecule has 1 aromatic rings. The van der Waals surface area contributed by atoms with Gasteiger partial charge in [0.2, 0.25) is 0 Å². The van der Waals surface area contributed by atoms with Crippen molar-refractivity contribution in [2.45, 2.75) is 39.0 Å². The van der Waals surface area contributed by atoms with Crippen LogP contribution >= 0.6 is 0 Å². The zero-order valence-corrected chi connectivity index (χ0v) is 12.1. The zero-order chi connectivity index (χ0) is 14.1. The van der Waals surface area contributed by atoms with E-state index in [1.165, 1.54) is 36.1 Å². The van der Waals surface area contributed by atoms with Crippen LogP contribution in [0.15, 0.2) is 18.2 Å². The number of nitrogens with zero attached hydrogens (tertiary/aromatic N) is 1. The molecule has 1 aliphatic heterocycles. The molecule has 1 aromatic carbocycles. The Hall–Kier alpha value is -1.51. The number of carboxylic acid groups (broad SMARTS) is 1. The summed E-state index contributed by atoms with van der Waals surface area (Å²) in [5.74, 6) is -0.162. The lowest BCUT2D eigenvalue weighted by Crippen LogP contribution is -2.31. The topological polar surface area (TPSA) is 40.5 Å². The monoisotopic (exact) mass is 273 g/mol. The van der Waals surface area contributed by atoms with E-state index in [2.05, 4.69) is 23.1 Å². The van der Waals surface area contributed by atoms with Crippen LogP contribution in [0.3, 0.4) is 0 Å². The van der Waals surface area contributed by atoms with Gasteiger partial charge in [0, 0.05) is 18.8 Å². The fourth-order valence-electron chi connectivity index (χ4n) is 3.37. The van der Waals surface area contributed by atoms with Gasteiger partial charge in [0.15, 0.2) is 0 Å². The van der Waals surface area contributed by atoms with Gasteiger partial charge in [0.25, 0.3) is 0 Å². The first kappa shape index (κ1) is 13.5. The van der Waals surface area contributed by atoms with Crippen molar-refractivity contribution < 1.29 is 9.90 Å². The highest BCUT2D eigenvalue weighted by Gasteiger charge is 2.27. The molecule has 1 saturated carbocycles. The Morgan fingerprint density at radius 3 is 2.90 bits per heavy atom. The summed E-state index contributed by atoms with van der Waals surface area (Å²) in [4.78, 5) is 13.6. The summed E-state index contributed by atoms with van der Waals surface area (Å²) in [6.07, 6.45) is 5.85. The summed E-state index contributed by atoms with van der Waals surface area (Å²) in [5, 5.41) is 9.14. The number of carbonyl (C=O) groups is 1. The number of aliphatic carboxylic acids is 1. The summed E-state index contributed by atoms with van der Waals surface area (Å²) >= 11 is 0. The molecular weight excluding hydrogens is 250 g/mol. The third kappa shape index (κ3) is 2.54. The zero-order valence-electron chi connectivity index (χ0n) is 12.1. The smallest absolute Gasteiger partial charge is 0.306 e. The fraction of sp³-hybridized carbons (Fsp3) is 0.588. The highest BCUT2D eigenvalue weighted by atomic mass is 16.4. The van der Waals surface area contributed by atoms with Crippen LogP contribution in [-0.2, 0) is 17.6 Å². The molecule has 0 spiro atoms. The molecule has 1 fully saturated rings. The molecule has 108 valence electrons. The van der Waals surface area contributed by atoms with Crippen LogP contribution in [0.2, 0.25) is 0 Å². The SMILES string of the molecule is CC(Cc1cccc2c1N(CC1CCC1)CC2)C(=O)O. The van der Waals surface area contributed by atoms with E-state index < -0.39 is 5.97 Å². The number of carboxylic acids is 1. The van der Waals surface area contributed by atoms with Crippen molar-refractivity contribution in [3.05, 3.63) is 29.3 Å². The molecule has 1 heterocycles. The first-order chi connectivity index (χ1) is 9.65. The van der Waals surface area contributed by atoms with Crippen LogP contribution in [0.5, 0.6) is 0 Å². The summed E-state index contributed by atoms with van der Waals surface area (Å²) in [7, 11) is 0. The van der Waals surface area contributed by atoms with Gasteiger partial charge < -0.3 is 10.0 Å². The van der Waals surface area contributed by atoms with Crippen molar-refractivity contribution in [2.24, 2.45) is 11.8 Å². The number of hydrogen-bond acceptors (Lipinski definition) is 2. The maximum absolute atomic E-state index is 11.1. The average Bonchev–Trinajstić information content (AvgIpc) is 2.78. The van der Waals surface area contributed by atoms with E-state index in [-0.39, 0.29) is 5.92 Å². The second-order valence-electron chi connectivity index (χ2n) is 6.36.